The molecule has 0 fully saturated rings. The van der Waals surface area contributed by atoms with Crippen LogP contribution in [0.3, 0.4) is 0 Å². The molecule has 144 valence electrons. The smallest absolute Gasteiger partial charge is 0.277 e. The molecule has 27 heavy (non-hydrogen) atoms. The molecule has 2 aromatic rings. The second-order valence-corrected chi connectivity index (χ2v) is 7.21. The molecule has 1 atom stereocenters. The number of unbranched alkanes of at least 4 members (excludes halogenated alkanes) is 1. The number of hydrogen-bond donors (Lipinski definition) is 3. The number of nitrogens with two attached hydrogens (primary N) is 1. The first-order chi connectivity index (χ1) is 12.8. The first kappa shape index (κ1) is 20.5. The van der Waals surface area contributed by atoms with Crippen LogP contribution in [0, 0.1) is 6.92 Å². The third-order valence-electron chi connectivity index (χ3n) is 3.81. The third kappa shape index (κ3) is 5.58. The van der Waals surface area contributed by atoms with Gasteiger partial charge in [0.2, 0.25) is 0 Å². The number of H-pyrrole nitrogens is 1. The van der Waals surface area contributed by atoms with E-state index in [1.54, 1.807) is 24.3 Å². The molecule has 8 nitrogen and oxygen atoms in total. The summed E-state index contributed by atoms with van der Waals surface area (Å²) in [4.78, 5) is 42.2. The van der Waals surface area contributed by atoms with E-state index >= 15 is 0 Å². The number of amides is 1. The highest BCUT2D eigenvalue weighted by Gasteiger charge is 2.17. The summed E-state index contributed by atoms with van der Waals surface area (Å²) in [5, 5.41) is 12.9. The normalized spacial score (nSPS) is 11.8. The van der Waals surface area contributed by atoms with Crippen LogP contribution in [0.15, 0.2) is 34.2 Å². The van der Waals surface area contributed by atoms with Crippen molar-refractivity contribution in [2.75, 3.05) is 11.1 Å². The Morgan fingerprint density at radius 3 is 2.56 bits per heavy atom. The highest BCUT2D eigenvalue weighted by Crippen LogP contribution is 2.24. The minimum absolute atomic E-state index is 0.0659. The van der Waals surface area contributed by atoms with Crippen LogP contribution < -0.4 is 21.7 Å². The largest absolute Gasteiger partial charge is 0.549 e. The molecule has 0 aliphatic carbocycles. The van der Waals surface area contributed by atoms with Crippen LogP contribution >= 0.6 is 11.8 Å². The van der Waals surface area contributed by atoms with E-state index in [1.807, 2.05) is 13.8 Å². The zero-order chi connectivity index (χ0) is 20.0. The molecule has 0 radical (unpaired) electrons. The number of aromatic amines is 1. The molecule has 1 aromatic carbocycles. The molecule has 0 aliphatic heterocycles. The monoisotopic (exact) mass is 389 g/mol. The first-order valence-electron chi connectivity index (χ1n) is 8.47. The number of anilines is 2. The maximum absolute atomic E-state index is 12.3. The highest BCUT2D eigenvalue weighted by atomic mass is 32.2. The lowest BCUT2D eigenvalue weighted by Crippen LogP contribution is -2.34. The summed E-state index contributed by atoms with van der Waals surface area (Å²) in [5.41, 5.74) is 6.34. The number of rotatable bonds is 8. The number of hydrogen-bond acceptors (Lipinski definition) is 7. The zero-order valence-corrected chi connectivity index (χ0v) is 15.9. The number of carboxylic acids is 1. The van der Waals surface area contributed by atoms with Gasteiger partial charge in [0.15, 0.2) is 11.0 Å². The summed E-state index contributed by atoms with van der Waals surface area (Å²) in [6.45, 7) is 3.84. The Balaban J connectivity index is 2.18. The molecule has 0 saturated heterocycles. The highest BCUT2D eigenvalue weighted by molar-refractivity contribution is 8.00. The second-order valence-electron chi connectivity index (χ2n) is 6.02. The number of nitrogen functional groups attached to an aromatic ring is 1. The van der Waals surface area contributed by atoms with Gasteiger partial charge in [0.1, 0.15) is 5.69 Å². The molecule has 0 aliphatic rings. The summed E-state index contributed by atoms with van der Waals surface area (Å²) in [7, 11) is 0. The van der Waals surface area contributed by atoms with E-state index in [-0.39, 0.29) is 16.7 Å². The summed E-state index contributed by atoms with van der Waals surface area (Å²) in [6.07, 6.45) is 1.93. The van der Waals surface area contributed by atoms with Crippen molar-refractivity contribution >= 4 is 35.1 Å². The Hall–Kier alpha value is -2.81. The minimum atomic E-state index is -1.23. The van der Waals surface area contributed by atoms with Gasteiger partial charge in [-0.05, 0) is 25.5 Å². The lowest BCUT2D eigenvalue weighted by Gasteiger charge is -2.17. The topological polar surface area (TPSA) is 141 Å². The molecule has 0 bridgehead atoms. The van der Waals surface area contributed by atoms with Crippen molar-refractivity contribution in [3.8, 4) is 0 Å². The Morgan fingerprint density at radius 2 is 2.00 bits per heavy atom. The maximum Gasteiger partial charge on any atom is 0.277 e. The number of aryl methyl sites for hydroxylation is 1. The summed E-state index contributed by atoms with van der Waals surface area (Å²) < 4.78 is 0. The van der Waals surface area contributed by atoms with Crippen molar-refractivity contribution in [1.29, 1.82) is 0 Å². The van der Waals surface area contributed by atoms with Crippen LogP contribution in [0.2, 0.25) is 0 Å². The maximum atomic E-state index is 12.3. The number of aliphatic carboxylic acids is 1. The van der Waals surface area contributed by atoms with Gasteiger partial charge in [0.25, 0.3) is 11.5 Å². The Morgan fingerprint density at radius 1 is 1.33 bits per heavy atom. The van der Waals surface area contributed by atoms with Crippen molar-refractivity contribution in [3.05, 3.63) is 45.7 Å². The van der Waals surface area contributed by atoms with Crippen LogP contribution in [0.25, 0.3) is 0 Å². The minimum Gasteiger partial charge on any atom is -0.549 e. The molecule has 1 amide bonds. The number of nitrogens with one attached hydrogen (secondary N) is 2. The fourth-order valence-electron chi connectivity index (χ4n) is 2.29. The predicted octanol–water partition coefficient (Wildman–Crippen LogP) is 1.31. The third-order valence-corrected chi connectivity index (χ3v) is 4.94. The number of aromatic nitrogens is 2. The number of thioether (sulfide) groups is 1. The van der Waals surface area contributed by atoms with Gasteiger partial charge in [0, 0.05) is 5.56 Å². The van der Waals surface area contributed by atoms with Crippen molar-refractivity contribution in [2.24, 2.45) is 0 Å². The number of benzene rings is 1. The molecule has 1 aromatic heterocycles. The summed E-state index contributed by atoms with van der Waals surface area (Å²) >= 11 is 0.869. The van der Waals surface area contributed by atoms with Crippen molar-refractivity contribution in [3.63, 3.8) is 0 Å². The van der Waals surface area contributed by atoms with Crippen LogP contribution in [0.5, 0.6) is 0 Å². The summed E-state index contributed by atoms with van der Waals surface area (Å²) in [5.74, 6) is -1.91. The Bertz CT molecular complexity index is 880. The molecule has 0 saturated carbocycles. The number of carbonyl (C=O) groups is 2. The van der Waals surface area contributed by atoms with E-state index < -0.39 is 22.7 Å². The van der Waals surface area contributed by atoms with Gasteiger partial charge in [0.05, 0.1) is 11.2 Å². The van der Waals surface area contributed by atoms with Gasteiger partial charge in [-0.25, -0.2) is 4.98 Å². The SMILES string of the molecule is CCCC[C@@H](Sc1nc(N)c(NC(=O)c2ccc(C)cc2)c(=O)[nH]1)C(=O)[O-]. The molecular formula is C18H21N4O4S-. The molecule has 9 heteroatoms. The first-order valence-corrected chi connectivity index (χ1v) is 9.35. The van der Waals surface area contributed by atoms with Crippen LogP contribution in [0.4, 0.5) is 11.5 Å². The van der Waals surface area contributed by atoms with Crippen molar-refractivity contribution in [1.82, 2.24) is 9.97 Å². The van der Waals surface area contributed by atoms with E-state index in [9.17, 15) is 19.5 Å². The van der Waals surface area contributed by atoms with Crippen LogP contribution in [0.1, 0.15) is 42.1 Å². The second kappa shape index (κ2) is 9.22. The van der Waals surface area contributed by atoms with E-state index in [0.717, 1.165) is 23.7 Å². The molecule has 4 N–H and O–H groups in total. The van der Waals surface area contributed by atoms with E-state index in [1.165, 1.54) is 0 Å². The van der Waals surface area contributed by atoms with E-state index in [2.05, 4.69) is 15.3 Å². The lowest BCUT2D eigenvalue weighted by molar-refractivity contribution is -0.304. The van der Waals surface area contributed by atoms with Gasteiger partial charge in [-0.15, -0.1) is 0 Å². The van der Waals surface area contributed by atoms with Gasteiger partial charge in [-0.1, -0.05) is 49.2 Å². The van der Waals surface area contributed by atoms with E-state index in [0.29, 0.717) is 18.4 Å². The quantitative estimate of drug-likeness (QED) is 0.456. The lowest BCUT2D eigenvalue weighted by atomic mass is 10.1. The van der Waals surface area contributed by atoms with Crippen LogP contribution in [-0.4, -0.2) is 27.1 Å². The number of carboxylic acid groups (broad SMARTS) is 1. The summed E-state index contributed by atoms with van der Waals surface area (Å²) in [6, 6.07) is 6.81. The number of nitrogens with zero attached hydrogens (tertiary/aromatic N) is 1. The average Bonchev–Trinajstić information content (AvgIpc) is 2.61. The molecular weight excluding hydrogens is 368 g/mol. The molecule has 0 spiro atoms. The van der Waals surface area contributed by atoms with Gasteiger partial charge >= 0.3 is 0 Å². The Kier molecular flexibility index (Phi) is 7.00. The van der Waals surface area contributed by atoms with Gasteiger partial charge in [-0.3, -0.25) is 14.6 Å². The van der Waals surface area contributed by atoms with E-state index in [4.69, 9.17) is 5.73 Å². The van der Waals surface area contributed by atoms with Gasteiger partial charge in [-0.2, -0.15) is 0 Å². The van der Waals surface area contributed by atoms with Crippen molar-refractivity contribution < 1.29 is 14.7 Å². The standard InChI is InChI=1S/C18H22N4O4S/c1-3-4-5-12(17(25)26)27-18-21-14(19)13(16(24)22-18)20-15(23)11-8-6-10(2)7-9-11/h6-9,12H,3-5H2,1-2H3,(H,20,23)(H,25,26)(H3,19,21,22,24)/p-1/t12-/m1/s1. The van der Waals surface area contributed by atoms with Crippen molar-refractivity contribution in [2.45, 2.75) is 43.5 Å². The van der Waals surface area contributed by atoms with Crippen LogP contribution in [-0.2, 0) is 4.79 Å². The number of carbonyl (C=O) groups excluding carboxylic acids is 2. The molecule has 0 unspecified atom stereocenters. The fourth-order valence-corrected chi connectivity index (χ4v) is 3.24. The van der Waals surface area contributed by atoms with Gasteiger partial charge < -0.3 is 21.0 Å². The Labute approximate surface area is 160 Å². The fraction of sp³-hybridized carbons (Fsp3) is 0.333. The molecule has 2 rings (SSSR count). The molecule has 1 heterocycles. The predicted molar refractivity (Wildman–Crippen MR) is 103 cm³/mol. The zero-order valence-electron chi connectivity index (χ0n) is 15.1. The average molecular weight is 389 g/mol.